The Balaban J connectivity index is 0.00000220. The van der Waals surface area contributed by atoms with Crippen molar-refractivity contribution in [1.82, 2.24) is 20.8 Å². The predicted octanol–water partition coefficient (Wildman–Crippen LogP) is 2.36. The Bertz CT molecular complexity index is 541. The van der Waals surface area contributed by atoms with E-state index < -0.39 is 0 Å². The molecular formula is C13H20IN5OS. The third-order valence-corrected chi connectivity index (χ3v) is 3.38. The van der Waals surface area contributed by atoms with E-state index in [4.69, 9.17) is 4.52 Å². The Morgan fingerprint density at radius 2 is 2.29 bits per heavy atom. The summed E-state index contributed by atoms with van der Waals surface area (Å²) in [6, 6.07) is 4.12. The van der Waals surface area contributed by atoms with Crippen molar-refractivity contribution in [3.8, 4) is 0 Å². The van der Waals surface area contributed by atoms with Gasteiger partial charge in [-0.1, -0.05) is 11.2 Å². The van der Waals surface area contributed by atoms with Crippen LogP contribution in [0.5, 0.6) is 0 Å². The summed E-state index contributed by atoms with van der Waals surface area (Å²) in [6.45, 7) is 6.08. The number of nitrogens with one attached hydrogen (secondary N) is 2. The molecule has 0 fully saturated rings. The SMILES string of the molecule is CCNC(=NCc1cccs1)NCCc1nc(C)no1.I. The van der Waals surface area contributed by atoms with Crippen LogP contribution in [0.2, 0.25) is 0 Å². The van der Waals surface area contributed by atoms with Gasteiger partial charge in [-0.05, 0) is 25.3 Å². The summed E-state index contributed by atoms with van der Waals surface area (Å²) < 4.78 is 5.07. The largest absolute Gasteiger partial charge is 0.357 e. The molecule has 0 saturated heterocycles. The molecule has 0 unspecified atom stereocenters. The number of aliphatic imine (C=N–C) groups is 1. The van der Waals surface area contributed by atoms with Gasteiger partial charge in [-0.2, -0.15) is 4.98 Å². The molecule has 116 valence electrons. The number of aromatic nitrogens is 2. The average Bonchev–Trinajstić information content (AvgIpc) is 3.08. The van der Waals surface area contributed by atoms with Crippen molar-refractivity contribution in [3.05, 3.63) is 34.1 Å². The molecular weight excluding hydrogens is 401 g/mol. The van der Waals surface area contributed by atoms with Crippen LogP contribution in [0.4, 0.5) is 0 Å². The van der Waals surface area contributed by atoms with Gasteiger partial charge in [-0.15, -0.1) is 35.3 Å². The van der Waals surface area contributed by atoms with Crippen LogP contribution in [0, 0.1) is 6.92 Å². The minimum absolute atomic E-state index is 0. The van der Waals surface area contributed by atoms with E-state index in [1.54, 1.807) is 11.3 Å². The van der Waals surface area contributed by atoms with Crippen LogP contribution in [-0.2, 0) is 13.0 Å². The van der Waals surface area contributed by atoms with Gasteiger partial charge in [-0.3, -0.25) is 0 Å². The summed E-state index contributed by atoms with van der Waals surface area (Å²) in [5, 5.41) is 12.3. The van der Waals surface area contributed by atoms with Gasteiger partial charge >= 0.3 is 0 Å². The fourth-order valence-corrected chi connectivity index (χ4v) is 2.26. The molecule has 0 spiro atoms. The lowest BCUT2D eigenvalue weighted by molar-refractivity contribution is 0.374. The van der Waals surface area contributed by atoms with E-state index in [-0.39, 0.29) is 24.0 Å². The summed E-state index contributed by atoms with van der Waals surface area (Å²) in [5.74, 6) is 2.11. The first-order valence-corrected chi connectivity index (χ1v) is 7.49. The second kappa shape index (κ2) is 9.72. The van der Waals surface area contributed by atoms with E-state index in [1.807, 2.05) is 19.9 Å². The molecule has 0 aliphatic rings. The maximum Gasteiger partial charge on any atom is 0.228 e. The van der Waals surface area contributed by atoms with Gasteiger partial charge in [-0.25, -0.2) is 4.99 Å². The second-order valence-corrected chi connectivity index (χ2v) is 5.22. The van der Waals surface area contributed by atoms with Crippen LogP contribution in [0.1, 0.15) is 23.5 Å². The van der Waals surface area contributed by atoms with E-state index in [9.17, 15) is 0 Å². The van der Waals surface area contributed by atoms with Gasteiger partial charge in [0.2, 0.25) is 5.89 Å². The minimum Gasteiger partial charge on any atom is -0.357 e. The Hall–Kier alpha value is -1.16. The molecule has 0 aromatic carbocycles. The Morgan fingerprint density at radius 3 is 2.90 bits per heavy atom. The average molecular weight is 421 g/mol. The molecule has 0 saturated carbocycles. The van der Waals surface area contributed by atoms with Gasteiger partial charge in [0, 0.05) is 24.4 Å². The summed E-state index contributed by atoms with van der Waals surface area (Å²) >= 11 is 1.71. The first-order valence-electron chi connectivity index (χ1n) is 6.61. The monoisotopic (exact) mass is 421 g/mol. The number of hydrogen-bond donors (Lipinski definition) is 2. The van der Waals surface area contributed by atoms with Crippen molar-refractivity contribution >= 4 is 41.3 Å². The summed E-state index contributed by atoms with van der Waals surface area (Å²) in [7, 11) is 0. The maximum absolute atomic E-state index is 5.07. The molecule has 0 aliphatic heterocycles. The van der Waals surface area contributed by atoms with Crippen LogP contribution < -0.4 is 10.6 Å². The van der Waals surface area contributed by atoms with Crippen molar-refractivity contribution in [2.45, 2.75) is 26.8 Å². The number of aryl methyl sites for hydroxylation is 1. The summed E-state index contributed by atoms with van der Waals surface area (Å²) in [6.07, 6.45) is 0.685. The number of thiophene rings is 1. The predicted molar refractivity (Wildman–Crippen MR) is 95.3 cm³/mol. The molecule has 2 aromatic rings. The zero-order valence-corrected chi connectivity index (χ0v) is 15.3. The molecule has 0 amide bonds. The topological polar surface area (TPSA) is 75.3 Å². The van der Waals surface area contributed by atoms with Crippen molar-refractivity contribution in [3.63, 3.8) is 0 Å². The van der Waals surface area contributed by atoms with Crippen molar-refractivity contribution in [2.75, 3.05) is 13.1 Å². The number of halogens is 1. The highest BCUT2D eigenvalue weighted by Gasteiger charge is 2.03. The summed E-state index contributed by atoms with van der Waals surface area (Å²) in [5.41, 5.74) is 0. The van der Waals surface area contributed by atoms with Gasteiger partial charge in [0.05, 0.1) is 6.54 Å². The Morgan fingerprint density at radius 1 is 1.43 bits per heavy atom. The Kier molecular flexibility index (Phi) is 8.28. The fraction of sp³-hybridized carbons (Fsp3) is 0.462. The van der Waals surface area contributed by atoms with Gasteiger partial charge in [0.1, 0.15) is 0 Å². The quantitative estimate of drug-likeness (QED) is 0.426. The van der Waals surface area contributed by atoms with Gasteiger partial charge < -0.3 is 15.2 Å². The number of hydrogen-bond acceptors (Lipinski definition) is 5. The molecule has 2 heterocycles. The Labute approximate surface area is 145 Å². The highest BCUT2D eigenvalue weighted by molar-refractivity contribution is 14.0. The highest BCUT2D eigenvalue weighted by atomic mass is 127. The molecule has 2 aromatic heterocycles. The van der Waals surface area contributed by atoms with Crippen LogP contribution in [-0.4, -0.2) is 29.2 Å². The van der Waals surface area contributed by atoms with Crippen molar-refractivity contribution in [2.24, 2.45) is 4.99 Å². The normalized spacial score (nSPS) is 11.0. The molecule has 21 heavy (non-hydrogen) atoms. The van der Waals surface area contributed by atoms with Crippen molar-refractivity contribution in [1.29, 1.82) is 0 Å². The standard InChI is InChI=1S/C13H19N5OS.HI/c1-3-14-13(16-9-11-5-4-8-20-11)15-7-6-12-17-10(2)18-19-12;/h4-5,8H,3,6-7,9H2,1-2H3,(H2,14,15,16);1H. The number of nitrogens with zero attached hydrogens (tertiary/aromatic N) is 3. The molecule has 0 radical (unpaired) electrons. The van der Waals surface area contributed by atoms with E-state index in [1.165, 1.54) is 4.88 Å². The zero-order valence-electron chi connectivity index (χ0n) is 12.1. The zero-order chi connectivity index (χ0) is 14.2. The first-order chi connectivity index (χ1) is 9.78. The van der Waals surface area contributed by atoms with E-state index in [0.29, 0.717) is 31.2 Å². The molecule has 2 rings (SSSR count). The third-order valence-electron chi connectivity index (χ3n) is 2.52. The number of guanidine groups is 1. The minimum atomic E-state index is 0. The molecule has 6 nitrogen and oxygen atoms in total. The highest BCUT2D eigenvalue weighted by Crippen LogP contribution is 2.09. The molecule has 0 bridgehead atoms. The van der Waals surface area contributed by atoms with Crippen LogP contribution in [0.15, 0.2) is 27.0 Å². The molecule has 0 atom stereocenters. The van der Waals surface area contributed by atoms with Gasteiger partial charge in [0.15, 0.2) is 11.8 Å². The van der Waals surface area contributed by atoms with Crippen LogP contribution in [0.3, 0.4) is 0 Å². The second-order valence-electron chi connectivity index (χ2n) is 4.19. The molecule has 2 N–H and O–H groups in total. The van der Waals surface area contributed by atoms with Crippen LogP contribution in [0.25, 0.3) is 0 Å². The van der Waals surface area contributed by atoms with Crippen molar-refractivity contribution < 1.29 is 4.52 Å². The molecule has 0 aliphatic carbocycles. The first kappa shape index (κ1) is 17.9. The number of rotatable bonds is 6. The van der Waals surface area contributed by atoms with E-state index >= 15 is 0 Å². The maximum atomic E-state index is 5.07. The fourth-order valence-electron chi connectivity index (χ4n) is 1.63. The van der Waals surface area contributed by atoms with Crippen LogP contribution >= 0.6 is 35.3 Å². The molecule has 8 heteroatoms. The third kappa shape index (κ3) is 6.42. The van der Waals surface area contributed by atoms with E-state index in [2.05, 4.69) is 37.2 Å². The van der Waals surface area contributed by atoms with E-state index in [0.717, 1.165) is 12.5 Å². The lowest BCUT2D eigenvalue weighted by Crippen LogP contribution is -2.38. The lowest BCUT2D eigenvalue weighted by atomic mass is 10.4. The summed E-state index contributed by atoms with van der Waals surface area (Å²) in [4.78, 5) is 9.94. The smallest absolute Gasteiger partial charge is 0.228 e. The lowest BCUT2D eigenvalue weighted by Gasteiger charge is -2.09. The van der Waals surface area contributed by atoms with Gasteiger partial charge in [0.25, 0.3) is 0 Å².